The summed E-state index contributed by atoms with van der Waals surface area (Å²) < 4.78 is 10.2. The monoisotopic (exact) mass is 260 g/mol. The van der Waals surface area contributed by atoms with Gasteiger partial charge in [-0.1, -0.05) is 0 Å². The Labute approximate surface area is 111 Å². The van der Waals surface area contributed by atoms with Crippen molar-refractivity contribution in [2.75, 3.05) is 60.7 Å². The summed E-state index contributed by atoms with van der Waals surface area (Å²) in [4.78, 5) is 4.59. The number of β-amino-alcohol motifs (C(OH)–C–C–N with tert-alkyl or cyclic N) is 1. The van der Waals surface area contributed by atoms with Gasteiger partial charge in [0.1, 0.15) is 0 Å². The van der Waals surface area contributed by atoms with Crippen LogP contribution in [0.4, 0.5) is 0 Å². The second kappa shape index (κ2) is 8.82. The average molecular weight is 260 g/mol. The summed E-state index contributed by atoms with van der Waals surface area (Å²) in [5, 5.41) is 9.94. The normalized spacial score (nSPS) is 22.8. The average Bonchev–Trinajstić information content (AvgIpc) is 2.71. The number of rotatable bonds is 9. The van der Waals surface area contributed by atoms with E-state index >= 15 is 0 Å². The standard InChI is InChI=1S/C13H28N2O3/c1-14(2)9-12-5-4-6-15(12)10-13(16)11-18-8-7-17-3/h12-13,16H,4-11H2,1-3H3. The Morgan fingerprint density at radius 1 is 1.39 bits per heavy atom. The Morgan fingerprint density at radius 3 is 2.83 bits per heavy atom. The number of likely N-dealkylation sites (N-methyl/N-ethyl adjacent to an activating group) is 1. The molecule has 2 unspecified atom stereocenters. The van der Waals surface area contributed by atoms with E-state index in [0.717, 1.165) is 13.1 Å². The van der Waals surface area contributed by atoms with Gasteiger partial charge in [0.2, 0.25) is 0 Å². The third-order valence-corrected chi connectivity index (χ3v) is 3.26. The molecule has 0 radical (unpaired) electrons. The third-order valence-electron chi connectivity index (χ3n) is 3.26. The quantitative estimate of drug-likeness (QED) is 0.593. The molecule has 0 aromatic heterocycles. The van der Waals surface area contributed by atoms with E-state index in [0.29, 0.717) is 32.4 Å². The van der Waals surface area contributed by atoms with Gasteiger partial charge in [0, 0.05) is 26.2 Å². The van der Waals surface area contributed by atoms with Crippen LogP contribution in [0.2, 0.25) is 0 Å². The number of methoxy groups -OCH3 is 1. The van der Waals surface area contributed by atoms with Crippen molar-refractivity contribution in [3.05, 3.63) is 0 Å². The second-order valence-electron chi connectivity index (χ2n) is 5.27. The molecule has 0 spiro atoms. The fourth-order valence-electron chi connectivity index (χ4n) is 2.45. The first kappa shape index (κ1) is 15.9. The second-order valence-corrected chi connectivity index (χ2v) is 5.27. The fourth-order valence-corrected chi connectivity index (χ4v) is 2.45. The molecule has 2 atom stereocenters. The van der Waals surface area contributed by atoms with E-state index in [-0.39, 0.29) is 0 Å². The van der Waals surface area contributed by atoms with Gasteiger partial charge in [0.15, 0.2) is 0 Å². The lowest BCUT2D eigenvalue weighted by Crippen LogP contribution is -2.42. The van der Waals surface area contributed by atoms with Crippen molar-refractivity contribution < 1.29 is 14.6 Å². The van der Waals surface area contributed by atoms with Gasteiger partial charge >= 0.3 is 0 Å². The number of ether oxygens (including phenoxy) is 2. The first-order valence-corrected chi connectivity index (χ1v) is 6.77. The largest absolute Gasteiger partial charge is 0.389 e. The molecule has 1 aliphatic heterocycles. The van der Waals surface area contributed by atoms with Crippen LogP contribution < -0.4 is 0 Å². The van der Waals surface area contributed by atoms with Crippen LogP contribution in [0.25, 0.3) is 0 Å². The van der Waals surface area contributed by atoms with Crippen LogP contribution in [-0.4, -0.2) is 87.7 Å². The zero-order valence-electron chi connectivity index (χ0n) is 12.0. The molecule has 1 fully saturated rings. The molecule has 5 nitrogen and oxygen atoms in total. The van der Waals surface area contributed by atoms with Gasteiger partial charge < -0.3 is 19.5 Å². The molecular weight excluding hydrogens is 232 g/mol. The van der Waals surface area contributed by atoms with Crippen LogP contribution in [0.3, 0.4) is 0 Å². The number of hydrogen-bond acceptors (Lipinski definition) is 5. The Bertz CT molecular complexity index is 214. The SMILES string of the molecule is COCCOCC(O)CN1CCCC1CN(C)C. The van der Waals surface area contributed by atoms with Crippen molar-refractivity contribution in [3.8, 4) is 0 Å². The molecule has 0 aromatic carbocycles. The van der Waals surface area contributed by atoms with Gasteiger partial charge in [-0.3, -0.25) is 4.90 Å². The van der Waals surface area contributed by atoms with E-state index in [1.165, 1.54) is 12.8 Å². The molecule has 1 saturated heterocycles. The molecule has 1 aliphatic rings. The van der Waals surface area contributed by atoms with Gasteiger partial charge in [-0.2, -0.15) is 0 Å². The van der Waals surface area contributed by atoms with Crippen LogP contribution >= 0.6 is 0 Å². The van der Waals surface area contributed by atoms with E-state index in [1.807, 2.05) is 0 Å². The van der Waals surface area contributed by atoms with Crippen molar-refractivity contribution in [2.24, 2.45) is 0 Å². The molecule has 0 aliphatic carbocycles. The number of hydrogen-bond donors (Lipinski definition) is 1. The zero-order valence-corrected chi connectivity index (χ0v) is 12.0. The number of aliphatic hydroxyl groups excluding tert-OH is 1. The van der Waals surface area contributed by atoms with E-state index in [9.17, 15) is 5.11 Å². The first-order chi connectivity index (χ1) is 8.63. The Hall–Kier alpha value is -0.200. The Balaban J connectivity index is 2.19. The molecule has 18 heavy (non-hydrogen) atoms. The molecule has 5 heteroatoms. The van der Waals surface area contributed by atoms with Crippen LogP contribution in [0.15, 0.2) is 0 Å². The topological polar surface area (TPSA) is 45.2 Å². The number of aliphatic hydroxyl groups is 1. The molecule has 0 saturated carbocycles. The van der Waals surface area contributed by atoms with E-state index in [1.54, 1.807) is 7.11 Å². The van der Waals surface area contributed by atoms with Crippen molar-refractivity contribution in [1.82, 2.24) is 9.80 Å². The van der Waals surface area contributed by atoms with Crippen LogP contribution in [0.5, 0.6) is 0 Å². The maximum Gasteiger partial charge on any atom is 0.0900 e. The highest BCUT2D eigenvalue weighted by atomic mass is 16.5. The van der Waals surface area contributed by atoms with Crippen molar-refractivity contribution in [1.29, 1.82) is 0 Å². The summed E-state index contributed by atoms with van der Waals surface area (Å²) in [5.41, 5.74) is 0. The minimum Gasteiger partial charge on any atom is -0.389 e. The van der Waals surface area contributed by atoms with Crippen molar-refractivity contribution in [3.63, 3.8) is 0 Å². The predicted molar refractivity (Wildman–Crippen MR) is 71.9 cm³/mol. The molecule has 0 bridgehead atoms. The third kappa shape index (κ3) is 6.11. The lowest BCUT2D eigenvalue weighted by Gasteiger charge is -2.28. The highest BCUT2D eigenvalue weighted by Crippen LogP contribution is 2.17. The number of likely N-dealkylation sites (tertiary alicyclic amines) is 1. The van der Waals surface area contributed by atoms with Crippen molar-refractivity contribution >= 4 is 0 Å². The minimum absolute atomic E-state index is 0.397. The fraction of sp³-hybridized carbons (Fsp3) is 1.00. The van der Waals surface area contributed by atoms with Gasteiger partial charge in [0.05, 0.1) is 25.9 Å². The Kier molecular flexibility index (Phi) is 7.77. The molecule has 0 amide bonds. The van der Waals surface area contributed by atoms with Gasteiger partial charge in [-0.15, -0.1) is 0 Å². The summed E-state index contributed by atoms with van der Waals surface area (Å²) in [5.74, 6) is 0. The maximum absolute atomic E-state index is 9.94. The molecule has 0 aromatic rings. The minimum atomic E-state index is -0.399. The molecule has 1 heterocycles. The van der Waals surface area contributed by atoms with Gasteiger partial charge in [-0.25, -0.2) is 0 Å². The summed E-state index contributed by atoms with van der Waals surface area (Å²) in [7, 11) is 5.84. The predicted octanol–water partition coefficient (Wildman–Crippen LogP) is 0.0363. The number of nitrogens with zero attached hydrogens (tertiary/aromatic N) is 2. The zero-order chi connectivity index (χ0) is 13.4. The van der Waals surface area contributed by atoms with E-state index < -0.39 is 6.10 Å². The smallest absolute Gasteiger partial charge is 0.0900 e. The van der Waals surface area contributed by atoms with Crippen LogP contribution in [0, 0.1) is 0 Å². The molecular formula is C13H28N2O3. The van der Waals surface area contributed by atoms with Crippen molar-refractivity contribution in [2.45, 2.75) is 25.0 Å². The summed E-state index contributed by atoms with van der Waals surface area (Å²) in [6.07, 6.45) is 2.06. The first-order valence-electron chi connectivity index (χ1n) is 6.77. The molecule has 108 valence electrons. The van der Waals surface area contributed by atoms with Crippen LogP contribution in [0.1, 0.15) is 12.8 Å². The summed E-state index contributed by atoms with van der Waals surface area (Å²) in [6.45, 7) is 4.40. The lowest BCUT2D eigenvalue weighted by molar-refractivity contribution is -0.00312. The highest BCUT2D eigenvalue weighted by Gasteiger charge is 2.26. The maximum atomic E-state index is 9.94. The lowest BCUT2D eigenvalue weighted by atomic mass is 10.2. The van der Waals surface area contributed by atoms with E-state index in [4.69, 9.17) is 9.47 Å². The van der Waals surface area contributed by atoms with E-state index in [2.05, 4.69) is 23.9 Å². The van der Waals surface area contributed by atoms with Crippen LogP contribution in [-0.2, 0) is 9.47 Å². The molecule has 1 N–H and O–H groups in total. The Morgan fingerprint density at radius 2 is 2.17 bits per heavy atom. The summed E-state index contributed by atoms with van der Waals surface area (Å²) >= 11 is 0. The highest BCUT2D eigenvalue weighted by molar-refractivity contribution is 4.82. The van der Waals surface area contributed by atoms with Gasteiger partial charge in [-0.05, 0) is 33.5 Å². The summed E-state index contributed by atoms with van der Waals surface area (Å²) in [6, 6.07) is 0.577. The molecule has 1 rings (SSSR count). The van der Waals surface area contributed by atoms with Gasteiger partial charge in [0.25, 0.3) is 0 Å².